The summed E-state index contributed by atoms with van der Waals surface area (Å²) in [6.45, 7) is 0.155. The van der Waals surface area contributed by atoms with Gasteiger partial charge in [0.2, 0.25) is 17.7 Å². The minimum absolute atomic E-state index is 0.0146. The van der Waals surface area contributed by atoms with Crippen molar-refractivity contribution >= 4 is 23.4 Å². The molecule has 2 aliphatic rings. The van der Waals surface area contributed by atoms with Gasteiger partial charge in [-0.2, -0.15) is 0 Å². The Morgan fingerprint density at radius 2 is 1.83 bits per heavy atom. The van der Waals surface area contributed by atoms with Crippen molar-refractivity contribution in [2.75, 3.05) is 25.5 Å². The number of anilines is 1. The summed E-state index contributed by atoms with van der Waals surface area (Å²) in [5.74, 6) is -1.64. The molecule has 164 valence electrons. The van der Waals surface area contributed by atoms with Gasteiger partial charge in [-0.3, -0.25) is 14.4 Å². The third-order valence-electron chi connectivity index (χ3n) is 5.40. The summed E-state index contributed by atoms with van der Waals surface area (Å²) < 4.78 is 40.3. The van der Waals surface area contributed by atoms with Crippen molar-refractivity contribution < 1.29 is 32.3 Å². The molecule has 2 fully saturated rings. The number of nitrogens with zero attached hydrogens (tertiary/aromatic N) is 2. The van der Waals surface area contributed by atoms with Crippen LogP contribution in [-0.2, 0) is 14.4 Å². The Balaban J connectivity index is 1.49. The molecule has 0 bridgehead atoms. The number of hydrogen-bond donors (Lipinski definition) is 1. The fourth-order valence-corrected chi connectivity index (χ4v) is 4.01. The number of likely N-dealkylation sites (tertiary alicyclic amines) is 1. The minimum atomic E-state index is -4.79. The number of ether oxygens (including phenoxy) is 1. The Morgan fingerprint density at radius 3 is 2.43 bits per heavy atom. The lowest BCUT2D eigenvalue weighted by Crippen LogP contribution is -2.40. The molecular weight excluding hydrogens is 403 g/mol. The van der Waals surface area contributed by atoms with Gasteiger partial charge in [-0.25, -0.2) is 0 Å². The molecule has 0 aromatic heterocycles. The van der Waals surface area contributed by atoms with Gasteiger partial charge in [0.1, 0.15) is 5.75 Å². The maximum atomic E-state index is 12.7. The third kappa shape index (κ3) is 5.64. The van der Waals surface area contributed by atoms with E-state index in [1.165, 1.54) is 24.1 Å². The van der Waals surface area contributed by atoms with Gasteiger partial charge >= 0.3 is 6.36 Å². The number of hydrogen-bond acceptors (Lipinski definition) is 4. The zero-order valence-electron chi connectivity index (χ0n) is 16.6. The first-order valence-corrected chi connectivity index (χ1v) is 9.82. The highest BCUT2D eigenvalue weighted by Crippen LogP contribution is 2.30. The van der Waals surface area contributed by atoms with Crippen molar-refractivity contribution in [2.45, 2.75) is 44.5 Å². The van der Waals surface area contributed by atoms with Crippen molar-refractivity contribution in [2.24, 2.45) is 5.92 Å². The Hall–Kier alpha value is -2.78. The van der Waals surface area contributed by atoms with E-state index in [1.54, 1.807) is 4.90 Å². The molecule has 1 heterocycles. The van der Waals surface area contributed by atoms with Crippen LogP contribution in [-0.4, -0.2) is 60.1 Å². The number of rotatable bonds is 6. The third-order valence-corrected chi connectivity index (χ3v) is 5.40. The molecule has 1 aliphatic heterocycles. The molecule has 1 saturated heterocycles. The first kappa shape index (κ1) is 21.9. The summed E-state index contributed by atoms with van der Waals surface area (Å²) in [6.07, 6.45) is -0.507. The Kier molecular flexibility index (Phi) is 6.52. The molecule has 7 nitrogen and oxygen atoms in total. The first-order chi connectivity index (χ1) is 14.1. The molecule has 1 atom stereocenters. The number of amides is 3. The van der Waals surface area contributed by atoms with Gasteiger partial charge in [-0.05, 0) is 37.1 Å². The fourth-order valence-electron chi connectivity index (χ4n) is 4.01. The molecule has 1 aliphatic carbocycles. The molecule has 3 amide bonds. The van der Waals surface area contributed by atoms with Crippen LogP contribution in [0, 0.1) is 5.92 Å². The zero-order valence-corrected chi connectivity index (χ0v) is 16.6. The number of halogens is 3. The monoisotopic (exact) mass is 427 g/mol. The highest BCUT2D eigenvalue weighted by atomic mass is 19.4. The molecule has 1 aromatic carbocycles. The molecule has 10 heteroatoms. The lowest BCUT2D eigenvalue weighted by molar-refractivity contribution is -0.274. The smallest absolute Gasteiger partial charge is 0.406 e. The van der Waals surface area contributed by atoms with Crippen LogP contribution in [0.2, 0.25) is 0 Å². The highest BCUT2D eigenvalue weighted by molar-refractivity contribution is 5.96. The van der Waals surface area contributed by atoms with E-state index in [-0.39, 0.29) is 36.5 Å². The summed E-state index contributed by atoms with van der Waals surface area (Å²) in [5.41, 5.74) is 0.277. The van der Waals surface area contributed by atoms with Crippen LogP contribution in [0.1, 0.15) is 32.1 Å². The average Bonchev–Trinajstić information content (AvgIpc) is 3.30. The Morgan fingerprint density at radius 1 is 1.20 bits per heavy atom. The number of alkyl halides is 3. The topological polar surface area (TPSA) is 79.0 Å². The molecule has 1 N–H and O–H groups in total. The van der Waals surface area contributed by atoms with Gasteiger partial charge in [0, 0.05) is 31.7 Å². The largest absolute Gasteiger partial charge is 0.573 e. The lowest BCUT2D eigenvalue weighted by Gasteiger charge is -2.25. The van der Waals surface area contributed by atoms with Gasteiger partial charge in [0.15, 0.2) is 0 Å². The van der Waals surface area contributed by atoms with E-state index in [0.29, 0.717) is 6.54 Å². The van der Waals surface area contributed by atoms with E-state index < -0.39 is 23.9 Å². The summed E-state index contributed by atoms with van der Waals surface area (Å²) in [5, 5.41) is 2.52. The van der Waals surface area contributed by atoms with Crippen LogP contribution in [0.15, 0.2) is 24.3 Å². The summed E-state index contributed by atoms with van der Waals surface area (Å²) >= 11 is 0. The molecule has 30 heavy (non-hydrogen) atoms. The summed E-state index contributed by atoms with van der Waals surface area (Å²) in [7, 11) is 1.49. The second-order valence-corrected chi connectivity index (χ2v) is 7.70. The van der Waals surface area contributed by atoms with Gasteiger partial charge < -0.3 is 19.9 Å². The maximum Gasteiger partial charge on any atom is 0.573 e. The van der Waals surface area contributed by atoms with Crippen molar-refractivity contribution in [1.82, 2.24) is 9.80 Å². The minimum Gasteiger partial charge on any atom is -0.406 e. The summed E-state index contributed by atoms with van der Waals surface area (Å²) in [4.78, 5) is 40.2. The second-order valence-electron chi connectivity index (χ2n) is 7.70. The van der Waals surface area contributed by atoms with Gasteiger partial charge in [-0.15, -0.1) is 13.2 Å². The molecule has 0 spiro atoms. The molecule has 0 radical (unpaired) electrons. The number of benzene rings is 1. The normalized spacial score (nSPS) is 19.8. The van der Waals surface area contributed by atoms with E-state index >= 15 is 0 Å². The molecular formula is C20H24F3N3O4. The van der Waals surface area contributed by atoms with Crippen LogP contribution >= 0.6 is 0 Å². The van der Waals surface area contributed by atoms with Crippen LogP contribution in [0.4, 0.5) is 18.9 Å². The quantitative estimate of drug-likeness (QED) is 0.757. The van der Waals surface area contributed by atoms with E-state index in [4.69, 9.17) is 0 Å². The maximum absolute atomic E-state index is 12.7. The van der Waals surface area contributed by atoms with Crippen molar-refractivity contribution in [3.8, 4) is 5.75 Å². The van der Waals surface area contributed by atoms with Gasteiger partial charge in [0.05, 0.1) is 12.5 Å². The van der Waals surface area contributed by atoms with E-state index in [2.05, 4.69) is 10.1 Å². The van der Waals surface area contributed by atoms with Crippen molar-refractivity contribution in [1.29, 1.82) is 0 Å². The number of carbonyl (C=O) groups excluding carboxylic acids is 3. The fraction of sp³-hybridized carbons (Fsp3) is 0.550. The summed E-state index contributed by atoms with van der Waals surface area (Å²) in [6, 6.07) is 4.93. The van der Waals surface area contributed by atoms with E-state index in [0.717, 1.165) is 37.8 Å². The number of carbonyl (C=O) groups is 3. The Bertz CT molecular complexity index is 791. The molecule has 1 aromatic rings. The lowest BCUT2D eigenvalue weighted by atomic mass is 10.1. The Labute approximate surface area is 172 Å². The van der Waals surface area contributed by atoms with Gasteiger partial charge in [-0.1, -0.05) is 12.8 Å². The highest BCUT2D eigenvalue weighted by Gasteiger charge is 2.39. The first-order valence-electron chi connectivity index (χ1n) is 9.82. The molecule has 3 rings (SSSR count). The number of nitrogens with one attached hydrogen (secondary N) is 1. The predicted octanol–water partition coefficient (Wildman–Crippen LogP) is 2.77. The zero-order chi connectivity index (χ0) is 21.9. The van der Waals surface area contributed by atoms with E-state index in [1.807, 2.05) is 0 Å². The van der Waals surface area contributed by atoms with Crippen molar-refractivity contribution in [3.63, 3.8) is 0 Å². The predicted molar refractivity (Wildman–Crippen MR) is 101 cm³/mol. The van der Waals surface area contributed by atoms with Crippen LogP contribution < -0.4 is 10.1 Å². The van der Waals surface area contributed by atoms with Crippen LogP contribution in [0.5, 0.6) is 5.75 Å². The molecule has 1 saturated carbocycles. The van der Waals surface area contributed by atoms with Gasteiger partial charge in [0.25, 0.3) is 0 Å². The molecule has 1 unspecified atom stereocenters. The van der Waals surface area contributed by atoms with Crippen LogP contribution in [0.3, 0.4) is 0 Å². The van der Waals surface area contributed by atoms with Crippen LogP contribution in [0.25, 0.3) is 0 Å². The van der Waals surface area contributed by atoms with E-state index in [9.17, 15) is 27.6 Å². The standard InChI is InChI=1S/C20H24F3N3O4/c1-25(19(29)13-10-18(28)26(11-13)15-4-2-3-5-15)12-17(27)24-14-6-8-16(9-7-14)30-20(21,22)23/h6-9,13,15H,2-5,10-12H2,1H3,(H,24,27). The SMILES string of the molecule is CN(CC(=O)Nc1ccc(OC(F)(F)F)cc1)C(=O)C1CC(=O)N(C2CCCC2)C1. The number of likely N-dealkylation sites (N-methyl/N-ethyl adjacent to an activating group) is 1. The average molecular weight is 427 g/mol. The second kappa shape index (κ2) is 8.93. The van der Waals surface area contributed by atoms with Crippen molar-refractivity contribution in [3.05, 3.63) is 24.3 Å².